The second-order valence-electron chi connectivity index (χ2n) is 3.80. The standard InChI is InChI=1S/C12H14ClFN4.C2H6/c1-3-8(16-2)9-7-5-17-18-12(7)6(4-15)11(14)10(9)13;1-2/h3,5,16H,4,15H2,1-2H3,(H,17,18);1-2H3/b8-3-;. The van der Waals surface area contributed by atoms with Gasteiger partial charge >= 0.3 is 0 Å². The Hall–Kier alpha value is -1.59. The number of rotatable bonds is 3. The molecule has 0 saturated carbocycles. The first kappa shape index (κ1) is 16.5. The number of H-pyrrole nitrogens is 1. The normalized spacial score (nSPS) is 11.2. The highest BCUT2D eigenvalue weighted by Gasteiger charge is 2.20. The lowest BCUT2D eigenvalue weighted by molar-refractivity contribution is 0.613. The molecule has 2 aromatic rings. The molecule has 0 fully saturated rings. The van der Waals surface area contributed by atoms with Crippen molar-refractivity contribution in [3.8, 4) is 0 Å². The summed E-state index contributed by atoms with van der Waals surface area (Å²) >= 11 is 6.11. The van der Waals surface area contributed by atoms with Crippen molar-refractivity contribution in [3.05, 3.63) is 34.2 Å². The fourth-order valence-corrected chi connectivity index (χ4v) is 2.36. The Morgan fingerprint density at radius 1 is 1.55 bits per heavy atom. The van der Waals surface area contributed by atoms with E-state index in [0.717, 1.165) is 11.1 Å². The number of nitrogens with one attached hydrogen (secondary N) is 2. The first-order valence-corrected chi connectivity index (χ1v) is 6.90. The third kappa shape index (κ3) is 2.64. The topological polar surface area (TPSA) is 66.7 Å². The molecule has 4 N–H and O–H groups in total. The summed E-state index contributed by atoms with van der Waals surface area (Å²) in [5, 5.41) is 10.5. The van der Waals surface area contributed by atoms with Crippen LogP contribution >= 0.6 is 11.6 Å². The Bertz CT molecular complexity index is 619. The molecule has 4 nitrogen and oxygen atoms in total. The van der Waals surface area contributed by atoms with E-state index in [1.54, 1.807) is 13.2 Å². The fourth-order valence-electron chi connectivity index (χ4n) is 2.04. The summed E-state index contributed by atoms with van der Waals surface area (Å²) in [6, 6.07) is 0. The summed E-state index contributed by atoms with van der Waals surface area (Å²) in [5.74, 6) is -0.500. The van der Waals surface area contributed by atoms with Crippen molar-refractivity contribution in [2.45, 2.75) is 27.3 Å². The summed E-state index contributed by atoms with van der Waals surface area (Å²) in [7, 11) is 1.76. The van der Waals surface area contributed by atoms with Gasteiger partial charge in [0.2, 0.25) is 0 Å². The molecule has 6 heteroatoms. The van der Waals surface area contributed by atoms with Gasteiger partial charge in [0.15, 0.2) is 0 Å². The van der Waals surface area contributed by atoms with E-state index in [0.29, 0.717) is 16.6 Å². The van der Waals surface area contributed by atoms with Crippen LogP contribution in [0.15, 0.2) is 12.3 Å². The maximum absolute atomic E-state index is 14.2. The number of nitrogens with zero attached hydrogens (tertiary/aromatic N) is 1. The van der Waals surface area contributed by atoms with Gasteiger partial charge in [-0.3, -0.25) is 5.10 Å². The van der Waals surface area contributed by atoms with E-state index in [-0.39, 0.29) is 11.6 Å². The number of nitrogens with two attached hydrogens (primary N) is 1. The highest BCUT2D eigenvalue weighted by Crippen LogP contribution is 2.35. The lowest BCUT2D eigenvalue weighted by Gasteiger charge is -2.13. The molecule has 0 bridgehead atoms. The molecule has 110 valence electrons. The minimum Gasteiger partial charge on any atom is -0.388 e. The Morgan fingerprint density at radius 2 is 2.20 bits per heavy atom. The molecule has 1 heterocycles. The van der Waals surface area contributed by atoms with Crippen molar-refractivity contribution in [2.75, 3.05) is 7.05 Å². The molecule has 0 unspecified atom stereocenters. The smallest absolute Gasteiger partial charge is 0.149 e. The highest BCUT2D eigenvalue weighted by molar-refractivity contribution is 6.34. The number of halogens is 2. The van der Waals surface area contributed by atoms with E-state index in [1.807, 2.05) is 26.8 Å². The average molecular weight is 299 g/mol. The fraction of sp³-hybridized carbons (Fsp3) is 0.357. The van der Waals surface area contributed by atoms with Crippen LogP contribution in [-0.2, 0) is 6.54 Å². The molecular weight excluding hydrogens is 279 g/mol. The number of allylic oxidation sites excluding steroid dienone is 1. The summed E-state index contributed by atoms with van der Waals surface area (Å²) in [5.41, 5.74) is 7.84. The van der Waals surface area contributed by atoms with Crippen molar-refractivity contribution < 1.29 is 4.39 Å². The predicted octanol–water partition coefficient (Wildman–Crippen LogP) is 3.42. The second kappa shape index (κ2) is 7.26. The number of hydrogen-bond donors (Lipinski definition) is 3. The molecule has 0 atom stereocenters. The van der Waals surface area contributed by atoms with Gasteiger partial charge < -0.3 is 11.1 Å². The number of fused-ring (bicyclic) bond motifs is 1. The van der Waals surface area contributed by atoms with Crippen LogP contribution in [-0.4, -0.2) is 17.2 Å². The van der Waals surface area contributed by atoms with Gasteiger partial charge in [0.1, 0.15) is 5.82 Å². The largest absolute Gasteiger partial charge is 0.388 e. The first-order chi connectivity index (χ1) is 9.65. The van der Waals surface area contributed by atoms with E-state index < -0.39 is 5.82 Å². The summed E-state index contributed by atoms with van der Waals surface area (Å²) in [6.07, 6.45) is 3.45. The summed E-state index contributed by atoms with van der Waals surface area (Å²) in [4.78, 5) is 0. The van der Waals surface area contributed by atoms with Gasteiger partial charge in [-0.15, -0.1) is 0 Å². The van der Waals surface area contributed by atoms with Crippen molar-refractivity contribution in [1.82, 2.24) is 15.5 Å². The van der Waals surface area contributed by atoms with E-state index in [9.17, 15) is 4.39 Å². The molecule has 1 aromatic heterocycles. The molecule has 0 aliphatic rings. The van der Waals surface area contributed by atoms with Crippen molar-refractivity contribution in [2.24, 2.45) is 5.73 Å². The van der Waals surface area contributed by atoms with Crippen LogP contribution in [0.1, 0.15) is 31.9 Å². The molecule has 0 amide bonds. The van der Waals surface area contributed by atoms with Crippen LogP contribution in [0.2, 0.25) is 5.02 Å². The summed E-state index contributed by atoms with van der Waals surface area (Å²) < 4.78 is 14.2. The monoisotopic (exact) mass is 298 g/mol. The van der Waals surface area contributed by atoms with Gasteiger partial charge in [-0.2, -0.15) is 5.10 Å². The zero-order valence-electron chi connectivity index (χ0n) is 12.1. The van der Waals surface area contributed by atoms with Crippen molar-refractivity contribution >= 4 is 28.2 Å². The molecule has 0 radical (unpaired) electrons. The van der Waals surface area contributed by atoms with Gasteiger partial charge in [0.25, 0.3) is 0 Å². The van der Waals surface area contributed by atoms with Crippen molar-refractivity contribution in [3.63, 3.8) is 0 Å². The summed E-state index contributed by atoms with van der Waals surface area (Å²) in [6.45, 7) is 5.91. The molecule has 0 aliphatic carbocycles. The predicted molar refractivity (Wildman–Crippen MR) is 83.0 cm³/mol. The van der Waals surface area contributed by atoms with Gasteiger partial charge in [-0.1, -0.05) is 31.5 Å². The number of benzene rings is 1. The quantitative estimate of drug-likeness (QED) is 0.813. The van der Waals surface area contributed by atoms with Crippen LogP contribution in [0, 0.1) is 5.82 Å². The molecule has 0 spiro atoms. The van der Waals surface area contributed by atoms with Gasteiger partial charge in [-0.05, 0) is 6.92 Å². The zero-order chi connectivity index (χ0) is 15.3. The molecule has 0 saturated heterocycles. The number of hydrogen-bond acceptors (Lipinski definition) is 3. The van der Waals surface area contributed by atoms with Crippen LogP contribution in [0.4, 0.5) is 4.39 Å². The Balaban J connectivity index is 0.000000956. The van der Waals surface area contributed by atoms with E-state index in [4.69, 9.17) is 17.3 Å². The first-order valence-electron chi connectivity index (χ1n) is 6.53. The third-order valence-corrected chi connectivity index (χ3v) is 3.27. The Kier molecular flexibility index (Phi) is 5.98. The van der Waals surface area contributed by atoms with Crippen LogP contribution in [0.5, 0.6) is 0 Å². The average Bonchev–Trinajstić information content (AvgIpc) is 2.95. The van der Waals surface area contributed by atoms with E-state index >= 15 is 0 Å². The molecule has 20 heavy (non-hydrogen) atoms. The van der Waals surface area contributed by atoms with Crippen LogP contribution < -0.4 is 11.1 Å². The van der Waals surface area contributed by atoms with Crippen molar-refractivity contribution in [1.29, 1.82) is 0 Å². The molecule has 2 rings (SSSR count). The third-order valence-electron chi connectivity index (χ3n) is 2.92. The second-order valence-corrected chi connectivity index (χ2v) is 4.17. The van der Waals surface area contributed by atoms with Crippen LogP contribution in [0.3, 0.4) is 0 Å². The SMILES string of the molecule is C/C=C(\NC)c1c(Cl)c(F)c(CN)c2[nH]ncc12.CC. The van der Waals surface area contributed by atoms with E-state index in [2.05, 4.69) is 15.5 Å². The lowest BCUT2D eigenvalue weighted by Crippen LogP contribution is -2.09. The molecule has 1 aromatic carbocycles. The lowest BCUT2D eigenvalue weighted by atomic mass is 10.0. The zero-order valence-corrected chi connectivity index (χ0v) is 12.9. The highest BCUT2D eigenvalue weighted by atomic mass is 35.5. The molecular formula is C14H20ClFN4. The maximum atomic E-state index is 14.2. The Morgan fingerprint density at radius 3 is 2.70 bits per heavy atom. The van der Waals surface area contributed by atoms with Crippen LogP contribution in [0.25, 0.3) is 16.6 Å². The number of aromatic amines is 1. The number of aromatic nitrogens is 2. The van der Waals surface area contributed by atoms with Gasteiger partial charge in [0, 0.05) is 35.8 Å². The van der Waals surface area contributed by atoms with Gasteiger partial charge in [0.05, 0.1) is 16.7 Å². The van der Waals surface area contributed by atoms with Gasteiger partial charge in [-0.25, -0.2) is 4.39 Å². The Labute approximate surface area is 123 Å². The minimum atomic E-state index is -0.500. The molecule has 0 aliphatic heterocycles. The minimum absolute atomic E-state index is 0.0619. The van der Waals surface area contributed by atoms with E-state index in [1.165, 1.54) is 0 Å². The maximum Gasteiger partial charge on any atom is 0.149 e.